The Kier molecular flexibility index (Phi) is 3.17. The highest BCUT2D eigenvalue weighted by molar-refractivity contribution is 5.92. The molecule has 0 atom stereocenters. The van der Waals surface area contributed by atoms with Gasteiger partial charge in [0.25, 0.3) is 0 Å². The summed E-state index contributed by atoms with van der Waals surface area (Å²) in [6, 6.07) is 18.8. The molecule has 0 N–H and O–H groups in total. The van der Waals surface area contributed by atoms with Gasteiger partial charge in [-0.1, -0.05) is 42.5 Å². The summed E-state index contributed by atoms with van der Waals surface area (Å²) in [7, 11) is 0. The second-order valence-corrected chi connectivity index (χ2v) is 4.38. The van der Waals surface area contributed by atoms with E-state index in [1.54, 1.807) is 18.2 Å². The van der Waals surface area contributed by atoms with Crippen LogP contribution in [-0.2, 0) is 0 Å². The van der Waals surface area contributed by atoms with Crippen molar-refractivity contribution in [2.45, 2.75) is 0 Å². The summed E-state index contributed by atoms with van der Waals surface area (Å²) in [6.07, 6.45) is 0. The van der Waals surface area contributed by atoms with Crippen molar-refractivity contribution in [3.05, 3.63) is 78.1 Å². The van der Waals surface area contributed by atoms with E-state index < -0.39 is 11.8 Å². The summed E-state index contributed by atoms with van der Waals surface area (Å²) >= 11 is 0. The first-order valence-corrected chi connectivity index (χ1v) is 6.19. The monoisotopic (exact) mass is 266 g/mol. The lowest BCUT2D eigenvalue weighted by Gasteiger charge is -2.06. The van der Waals surface area contributed by atoms with Crippen LogP contribution in [0.4, 0.5) is 4.39 Å². The van der Waals surface area contributed by atoms with Gasteiger partial charge in [-0.15, -0.1) is 0 Å². The zero-order valence-electron chi connectivity index (χ0n) is 10.5. The third-order valence-corrected chi connectivity index (χ3v) is 3.03. The van der Waals surface area contributed by atoms with E-state index in [9.17, 15) is 9.18 Å². The minimum absolute atomic E-state index is 0.0688. The van der Waals surface area contributed by atoms with Crippen molar-refractivity contribution < 1.29 is 13.9 Å². The van der Waals surface area contributed by atoms with E-state index in [0.29, 0.717) is 5.75 Å². The molecule has 0 saturated heterocycles. The third-order valence-electron chi connectivity index (χ3n) is 3.03. The third kappa shape index (κ3) is 2.38. The first kappa shape index (κ1) is 12.4. The predicted octanol–water partition coefficient (Wildman–Crippen LogP) is 4.20. The largest absolute Gasteiger partial charge is 0.423 e. The van der Waals surface area contributed by atoms with Crippen LogP contribution in [0.5, 0.6) is 5.75 Å². The van der Waals surface area contributed by atoms with E-state index in [1.807, 2.05) is 30.3 Å². The molecule has 0 heterocycles. The number of halogens is 1. The molecule has 3 aromatic carbocycles. The van der Waals surface area contributed by atoms with E-state index in [-0.39, 0.29) is 5.56 Å². The van der Waals surface area contributed by atoms with Gasteiger partial charge in [-0.3, -0.25) is 0 Å². The van der Waals surface area contributed by atoms with Crippen LogP contribution in [0, 0.1) is 5.82 Å². The molecule has 3 aromatic rings. The van der Waals surface area contributed by atoms with E-state index in [1.165, 1.54) is 18.2 Å². The second kappa shape index (κ2) is 5.13. The minimum atomic E-state index is -0.696. The van der Waals surface area contributed by atoms with Crippen molar-refractivity contribution in [2.24, 2.45) is 0 Å². The van der Waals surface area contributed by atoms with Gasteiger partial charge in [0.2, 0.25) is 0 Å². The number of hydrogen-bond donors (Lipinski definition) is 0. The average Bonchev–Trinajstić information content (AvgIpc) is 2.47. The molecule has 0 spiro atoms. The number of rotatable bonds is 2. The molecule has 3 rings (SSSR count). The van der Waals surface area contributed by atoms with Gasteiger partial charge in [0.1, 0.15) is 11.6 Å². The van der Waals surface area contributed by atoms with Gasteiger partial charge in [0.15, 0.2) is 0 Å². The Morgan fingerprint density at radius 1 is 0.850 bits per heavy atom. The summed E-state index contributed by atoms with van der Waals surface area (Å²) in [4.78, 5) is 11.9. The number of benzene rings is 3. The number of fused-ring (bicyclic) bond motifs is 1. The molecule has 0 bridgehead atoms. The van der Waals surface area contributed by atoms with Gasteiger partial charge >= 0.3 is 5.97 Å². The standard InChI is InChI=1S/C17H11FO2/c18-16-8-4-3-7-15(16)17(19)20-14-10-9-12-5-1-2-6-13(12)11-14/h1-11H. The molecule has 3 heteroatoms. The van der Waals surface area contributed by atoms with Gasteiger partial charge < -0.3 is 4.74 Å². The maximum Gasteiger partial charge on any atom is 0.346 e. The maximum atomic E-state index is 13.5. The second-order valence-electron chi connectivity index (χ2n) is 4.38. The molecule has 0 aliphatic carbocycles. The highest BCUT2D eigenvalue weighted by Crippen LogP contribution is 2.21. The molecule has 0 radical (unpaired) electrons. The van der Waals surface area contributed by atoms with Crippen molar-refractivity contribution in [2.75, 3.05) is 0 Å². The van der Waals surface area contributed by atoms with Gasteiger partial charge in [-0.05, 0) is 35.0 Å². The fraction of sp³-hybridized carbons (Fsp3) is 0. The van der Waals surface area contributed by atoms with Crippen LogP contribution in [-0.4, -0.2) is 5.97 Å². The topological polar surface area (TPSA) is 26.3 Å². The Hall–Kier alpha value is -2.68. The summed E-state index contributed by atoms with van der Waals surface area (Å²) in [6.45, 7) is 0. The molecule has 0 amide bonds. The fourth-order valence-corrected chi connectivity index (χ4v) is 2.02. The molecular formula is C17H11FO2. The average molecular weight is 266 g/mol. The quantitative estimate of drug-likeness (QED) is 0.513. The molecule has 0 aliphatic rings. The van der Waals surface area contributed by atoms with Crippen LogP contribution < -0.4 is 4.74 Å². The highest BCUT2D eigenvalue weighted by atomic mass is 19.1. The zero-order chi connectivity index (χ0) is 13.9. The van der Waals surface area contributed by atoms with Crippen molar-refractivity contribution in [1.29, 1.82) is 0 Å². The lowest BCUT2D eigenvalue weighted by Crippen LogP contribution is -2.10. The van der Waals surface area contributed by atoms with Crippen LogP contribution in [0.2, 0.25) is 0 Å². The number of hydrogen-bond acceptors (Lipinski definition) is 2. The Morgan fingerprint density at radius 3 is 2.35 bits per heavy atom. The molecule has 0 unspecified atom stereocenters. The Balaban J connectivity index is 1.89. The fourth-order valence-electron chi connectivity index (χ4n) is 2.02. The summed E-state index contributed by atoms with van der Waals surface area (Å²) in [5.74, 6) is -0.881. The minimum Gasteiger partial charge on any atom is -0.423 e. The van der Waals surface area contributed by atoms with Crippen LogP contribution in [0.25, 0.3) is 10.8 Å². The molecule has 0 fully saturated rings. The molecule has 0 saturated carbocycles. The molecule has 20 heavy (non-hydrogen) atoms. The summed E-state index contributed by atoms with van der Waals surface area (Å²) < 4.78 is 18.7. The summed E-state index contributed by atoms with van der Waals surface area (Å²) in [5, 5.41) is 2.02. The molecule has 0 aliphatic heterocycles. The van der Waals surface area contributed by atoms with Gasteiger partial charge in [-0.25, -0.2) is 9.18 Å². The molecule has 0 aromatic heterocycles. The van der Waals surface area contributed by atoms with E-state index >= 15 is 0 Å². The lowest BCUT2D eigenvalue weighted by atomic mass is 10.1. The zero-order valence-corrected chi connectivity index (χ0v) is 10.5. The van der Waals surface area contributed by atoms with Crippen LogP contribution in [0.1, 0.15) is 10.4 Å². The Bertz CT molecular complexity index is 781. The number of carbonyl (C=O) groups is 1. The van der Waals surface area contributed by atoms with Gasteiger partial charge in [0.05, 0.1) is 5.56 Å². The summed E-state index contributed by atoms with van der Waals surface area (Å²) in [5.41, 5.74) is -0.0688. The van der Waals surface area contributed by atoms with E-state index in [0.717, 1.165) is 10.8 Å². The molecule has 2 nitrogen and oxygen atoms in total. The van der Waals surface area contributed by atoms with Crippen LogP contribution in [0.3, 0.4) is 0 Å². The highest BCUT2D eigenvalue weighted by Gasteiger charge is 2.13. The lowest BCUT2D eigenvalue weighted by molar-refractivity contribution is 0.0730. The number of esters is 1. The Morgan fingerprint density at radius 2 is 1.55 bits per heavy atom. The van der Waals surface area contributed by atoms with Crippen LogP contribution in [0.15, 0.2) is 66.7 Å². The van der Waals surface area contributed by atoms with E-state index in [4.69, 9.17) is 4.74 Å². The first-order chi connectivity index (χ1) is 9.74. The van der Waals surface area contributed by atoms with E-state index in [2.05, 4.69) is 0 Å². The smallest absolute Gasteiger partial charge is 0.346 e. The molecular weight excluding hydrogens is 255 g/mol. The Labute approximate surface area is 115 Å². The predicted molar refractivity (Wildman–Crippen MR) is 75.3 cm³/mol. The van der Waals surface area contributed by atoms with Crippen molar-refractivity contribution in [1.82, 2.24) is 0 Å². The maximum absolute atomic E-state index is 13.5. The van der Waals surface area contributed by atoms with Crippen molar-refractivity contribution in [3.8, 4) is 5.75 Å². The first-order valence-electron chi connectivity index (χ1n) is 6.19. The van der Waals surface area contributed by atoms with Crippen LogP contribution >= 0.6 is 0 Å². The van der Waals surface area contributed by atoms with Crippen molar-refractivity contribution in [3.63, 3.8) is 0 Å². The van der Waals surface area contributed by atoms with Crippen molar-refractivity contribution >= 4 is 16.7 Å². The number of ether oxygens (including phenoxy) is 1. The normalized spacial score (nSPS) is 10.4. The SMILES string of the molecule is O=C(Oc1ccc2ccccc2c1)c1ccccc1F. The molecule has 98 valence electrons. The van der Waals surface area contributed by atoms with Gasteiger partial charge in [0, 0.05) is 0 Å². The van der Waals surface area contributed by atoms with Gasteiger partial charge in [-0.2, -0.15) is 0 Å². The number of carbonyl (C=O) groups excluding carboxylic acids is 1.